The molecule has 2 fully saturated rings. The number of hydrogen-bond donors (Lipinski definition) is 2. The van der Waals surface area contributed by atoms with E-state index in [1.807, 2.05) is 6.21 Å². The lowest BCUT2D eigenvalue weighted by Gasteiger charge is -2.27. The van der Waals surface area contributed by atoms with Gasteiger partial charge in [-0.1, -0.05) is 25.7 Å². The standard InChI is InChI=1S/C13H23NOS/c15-12-7-3-1-5-10(12)9-14-11-6-2-4-8-13(11)16/h9-13,15-16H,1-8H2. The van der Waals surface area contributed by atoms with Crippen molar-refractivity contribution >= 4 is 18.8 Å². The Balaban J connectivity index is 1.86. The molecule has 0 aromatic rings. The Hall–Kier alpha value is -0.0200. The van der Waals surface area contributed by atoms with E-state index in [1.54, 1.807) is 0 Å². The number of thiol groups is 1. The molecule has 2 aliphatic carbocycles. The van der Waals surface area contributed by atoms with Crippen molar-refractivity contribution in [3.8, 4) is 0 Å². The molecule has 4 atom stereocenters. The van der Waals surface area contributed by atoms with E-state index in [0.717, 1.165) is 12.8 Å². The Morgan fingerprint density at radius 2 is 1.69 bits per heavy atom. The first-order valence-corrected chi connectivity index (χ1v) is 7.18. The van der Waals surface area contributed by atoms with Crippen LogP contribution >= 0.6 is 12.6 Å². The summed E-state index contributed by atoms with van der Waals surface area (Å²) in [5, 5.41) is 10.3. The number of rotatable bonds is 2. The highest BCUT2D eigenvalue weighted by atomic mass is 32.1. The largest absolute Gasteiger partial charge is 0.392 e. The number of aliphatic imine (C=N–C) groups is 1. The Bertz CT molecular complexity index is 220. The minimum absolute atomic E-state index is 0.153. The zero-order valence-electron chi connectivity index (χ0n) is 9.89. The van der Waals surface area contributed by atoms with Crippen LogP contribution in [0.5, 0.6) is 0 Å². The van der Waals surface area contributed by atoms with Crippen LogP contribution in [0.15, 0.2) is 4.99 Å². The molecular formula is C13H23NOS. The maximum atomic E-state index is 9.85. The third-order valence-electron chi connectivity index (χ3n) is 3.94. The minimum Gasteiger partial charge on any atom is -0.392 e. The number of aliphatic hydroxyl groups is 1. The molecule has 0 heterocycles. The van der Waals surface area contributed by atoms with Crippen molar-refractivity contribution < 1.29 is 5.11 Å². The second-order valence-corrected chi connectivity index (χ2v) is 5.90. The molecule has 0 bridgehead atoms. The van der Waals surface area contributed by atoms with E-state index in [2.05, 4.69) is 17.6 Å². The lowest BCUT2D eigenvalue weighted by molar-refractivity contribution is 0.103. The summed E-state index contributed by atoms with van der Waals surface area (Å²) >= 11 is 4.60. The van der Waals surface area contributed by atoms with E-state index in [-0.39, 0.29) is 6.10 Å². The number of nitrogens with zero attached hydrogens (tertiary/aromatic N) is 1. The van der Waals surface area contributed by atoms with Crippen LogP contribution in [0.2, 0.25) is 0 Å². The summed E-state index contributed by atoms with van der Waals surface area (Å²) in [5.74, 6) is 0.302. The lowest BCUT2D eigenvalue weighted by Crippen LogP contribution is -2.28. The average molecular weight is 241 g/mol. The first-order chi connectivity index (χ1) is 7.77. The second kappa shape index (κ2) is 6.06. The summed E-state index contributed by atoms with van der Waals surface area (Å²) in [4.78, 5) is 4.68. The summed E-state index contributed by atoms with van der Waals surface area (Å²) in [5.41, 5.74) is 0. The van der Waals surface area contributed by atoms with Crippen molar-refractivity contribution in [2.45, 2.75) is 68.8 Å². The minimum atomic E-state index is -0.153. The van der Waals surface area contributed by atoms with E-state index in [1.165, 1.54) is 38.5 Å². The smallest absolute Gasteiger partial charge is 0.0617 e. The predicted molar refractivity (Wildman–Crippen MR) is 71.5 cm³/mol. The Morgan fingerprint density at radius 1 is 1.00 bits per heavy atom. The second-order valence-electron chi connectivity index (χ2n) is 5.23. The molecule has 4 unspecified atom stereocenters. The third kappa shape index (κ3) is 3.24. The molecule has 2 nitrogen and oxygen atoms in total. The topological polar surface area (TPSA) is 32.6 Å². The Morgan fingerprint density at radius 3 is 2.44 bits per heavy atom. The van der Waals surface area contributed by atoms with Crippen LogP contribution in [-0.2, 0) is 0 Å². The lowest BCUT2D eigenvalue weighted by atomic mass is 9.87. The van der Waals surface area contributed by atoms with Crippen LogP contribution in [0.25, 0.3) is 0 Å². The highest BCUT2D eigenvalue weighted by Gasteiger charge is 2.24. The van der Waals surface area contributed by atoms with Crippen LogP contribution in [0.1, 0.15) is 51.4 Å². The van der Waals surface area contributed by atoms with Gasteiger partial charge in [0.25, 0.3) is 0 Å². The normalized spacial score (nSPS) is 41.4. The summed E-state index contributed by atoms with van der Waals surface area (Å²) in [6.07, 6.45) is 11.3. The Labute approximate surface area is 104 Å². The van der Waals surface area contributed by atoms with Crippen LogP contribution < -0.4 is 0 Å². The van der Waals surface area contributed by atoms with Crippen LogP contribution in [0, 0.1) is 5.92 Å². The fraction of sp³-hybridized carbons (Fsp3) is 0.923. The molecule has 2 rings (SSSR count). The van der Waals surface area contributed by atoms with E-state index in [4.69, 9.17) is 0 Å². The summed E-state index contributed by atoms with van der Waals surface area (Å²) in [7, 11) is 0. The molecule has 2 saturated carbocycles. The van der Waals surface area contributed by atoms with Gasteiger partial charge in [0.15, 0.2) is 0 Å². The van der Waals surface area contributed by atoms with Crippen molar-refractivity contribution in [2.75, 3.05) is 0 Å². The average Bonchev–Trinajstić information content (AvgIpc) is 2.30. The van der Waals surface area contributed by atoms with Gasteiger partial charge in [-0.15, -0.1) is 0 Å². The van der Waals surface area contributed by atoms with E-state index < -0.39 is 0 Å². The maximum absolute atomic E-state index is 9.85. The van der Waals surface area contributed by atoms with E-state index in [0.29, 0.717) is 17.2 Å². The summed E-state index contributed by atoms with van der Waals surface area (Å²) in [6.45, 7) is 0. The fourth-order valence-electron chi connectivity index (χ4n) is 2.80. The molecule has 0 saturated heterocycles. The molecule has 0 aromatic carbocycles. The van der Waals surface area contributed by atoms with E-state index >= 15 is 0 Å². The van der Waals surface area contributed by atoms with Crippen molar-refractivity contribution in [3.63, 3.8) is 0 Å². The number of aliphatic hydroxyl groups excluding tert-OH is 1. The molecule has 2 aliphatic rings. The maximum Gasteiger partial charge on any atom is 0.0617 e. The van der Waals surface area contributed by atoms with Crippen LogP contribution in [0.3, 0.4) is 0 Å². The molecule has 1 N–H and O–H groups in total. The van der Waals surface area contributed by atoms with Crippen molar-refractivity contribution in [2.24, 2.45) is 10.9 Å². The van der Waals surface area contributed by atoms with Gasteiger partial charge in [0.2, 0.25) is 0 Å². The van der Waals surface area contributed by atoms with Gasteiger partial charge in [-0.05, 0) is 25.7 Å². The van der Waals surface area contributed by atoms with Gasteiger partial charge < -0.3 is 5.11 Å². The zero-order chi connectivity index (χ0) is 11.4. The van der Waals surface area contributed by atoms with Crippen LogP contribution in [-0.4, -0.2) is 28.7 Å². The molecule has 0 amide bonds. The van der Waals surface area contributed by atoms with Crippen molar-refractivity contribution in [1.82, 2.24) is 0 Å². The highest BCUT2D eigenvalue weighted by Crippen LogP contribution is 2.27. The van der Waals surface area contributed by atoms with Crippen molar-refractivity contribution in [3.05, 3.63) is 0 Å². The molecular weight excluding hydrogens is 218 g/mol. The first kappa shape index (κ1) is 12.4. The zero-order valence-corrected chi connectivity index (χ0v) is 10.8. The molecule has 0 radical (unpaired) electrons. The summed E-state index contributed by atoms with van der Waals surface area (Å²) < 4.78 is 0. The molecule has 16 heavy (non-hydrogen) atoms. The highest BCUT2D eigenvalue weighted by molar-refractivity contribution is 7.81. The van der Waals surface area contributed by atoms with Gasteiger partial charge in [0.1, 0.15) is 0 Å². The van der Waals surface area contributed by atoms with Gasteiger partial charge in [-0.3, -0.25) is 4.99 Å². The van der Waals surface area contributed by atoms with Gasteiger partial charge in [-0.2, -0.15) is 12.6 Å². The van der Waals surface area contributed by atoms with Gasteiger partial charge in [0, 0.05) is 17.4 Å². The molecule has 0 aliphatic heterocycles. The molecule has 0 aromatic heterocycles. The fourth-order valence-corrected chi connectivity index (χ4v) is 3.21. The third-order valence-corrected chi connectivity index (χ3v) is 4.55. The van der Waals surface area contributed by atoms with Crippen LogP contribution in [0.4, 0.5) is 0 Å². The van der Waals surface area contributed by atoms with Gasteiger partial charge in [-0.25, -0.2) is 0 Å². The Kier molecular flexibility index (Phi) is 4.71. The SMILES string of the molecule is OC1CCCCC1C=NC1CCCCC1S. The number of hydrogen-bond acceptors (Lipinski definition) is 3. The quantitative estimate of drug-likeness (QED) is 0.565. The van der Waals surface area contributed by atoms with Gasteiger partial charge >= 0.3 is 0 Å². The molecule has 92 valence electrons. The monoisotopic (exact) mass is 241 g/mol. The molecule has 3 heteroatoms. The molecule has 0 spiro atoms. The first-order valence-electron chi connectivity index (χ1n) is 6.67. The van der Waals surface area contributed by atoms with E-state index in [9.17, 15) is 5.11 Å². The van der Waals surface area contributed by atoms with Crippen molar-refractivity contribution in [1.29, 1.82) is 0 Å². The predicted octanol–water partition coefficient (Wildman–Crippen LogP) is 2.85. The summed E-state index contributed by atoms with van der Waals surface area (Å²) in [6, 6.07) is 0.395. The van der Waals surface area contributed by atoms with Gasteiger partial charge in [0.05, 0.1) is 12.1 Å².